The highest BCUT2D eigenvalue weighted by atomic mass is 16.2. The van der Waals surface area contributed by atoms with E-state index >= 15 is 0 Å². The molecular formula is C16H22N2O. The van der Waals surface area contributed by atoms with E-state index in [0.717, 1.165) is 25.8 Å². The van der Waals surface area contributed by atoms with Crippen LogP contribution in [-0.4, -0.2) is 29.9 Å². The highest BCUT2D eigenvalue weighted by Crippen LogP contribution is 2.37. The highest BCUT2D eigenvalue weighted by molar-refractivity contribution is 5.87. The van der Waals surface area contributed by atoms with Gasteiger partial charge in [0, 0.05) is 19.1 Å². The molecule has 1 aromatic carbocycles. The van der Waals surface area contributed by atoms with Gasteiger partial charge in [-0.3, -0.25) is 4.79 Å². The van der Waals surface area contributed by atoms with E-state index in [1.54, 1.807) is 0 Å². The van der Waals surface area contributed by atoms with E-state index in [9.17, 15) is 4.79 Å². The number of hydrogen-bond donors (Lipinski definition) is 1. The minimum absolute atomic E-state index is 0.0821. The van der Waals surface area contributed by atoms with Crippen LogP contribution >= 0.6 is 0 Å². The summed E-state index contributed by atoms with van der Waals surface area (Å²) in [6.07, 6.45) is 3.06. The molecule has 3 rings (SSSR count). The van der Waals surface area contributed by atoms with Crippen molar-refractivity contribution in [2.45, 2.75) is 38.1 Å². The molecule has 0 aromatic heterocycles. The average molecular weight is 258 g/mol. The fourth-order valence-corrected chi connectivity index (χ4v) is 3.44. The number of amides is 1. The Labute approximate surface area is 114 Å². The monoisotopic (exact) mass is 258 g/mol. The maximum absolute atomic E-state index is 12.7. The molecule has 1 aliphatic heterocycles. The minimum Gasteiger partial charge on any atom is -0.338 e. The molecule has 3 atom stereocenters. The van der Waals surface area contributed by atoms with Gasteiger partial charge in [-0.15, -0.1) is 0 Å². The molecule has 3 heteroatoms. The van der Waals surface area contributed by atoms with E-state index in [2.05, 4.69) is 19.1 Å². The number of nitrogens with zero attached hydrogens (tertiary/aromatic N) is 1. The van der Waals surface area contributed by atoms with Gasteiger partial charge >= 0.3 is 0 Å². The van der Waals surface area contributed by atoms with Crippen LogP contribution in [0.3, 0.4) is 0 Å². The van der Waals surface area contributed by atoms with E-state index in [4.69, 9.17) is 5.73 Å². The maximum atomic E-state index is 12.7. The van der Waals surface area contributed by atoms with Gasteiger partial charge < -0.3 is 10.6 Å². The second-order valence-electron chi connectivity index (χ2n) is 6.01. The Hall–Kier alpha value is -1.35. The van der Waals surface area contributed by atoms with Crippen LogP contribution in [0.2, 0.25) is 0 Å². The van der Waals surface area contributed by atoms with E-state index in [0.29, 0.717) is 18.4 Å². The molecule has 1 heterocycles. The molecule has 0 spiro atoms. The van der Waals surface area contributed by atoms with Crippen LogP contribution in [0, 0.1) is 5.92 Å². The third kappa shape index (κ3) is 2.16. The normalized spacial score (nSPS) is 29.6. The van der Waals surface area contributed by atoms with Gasteiger partial charge in [0.1, 0.15) is 0 Å². The van der Waals surface area contributed by atoms with Crippen LogP contribution in [-0.2, 0) is 11.2 Å². The van der Waals surface area contributed by atoms with Crippen molar-refractivity contribution in [3.8, 4) is 0 Å². The second-order valence-corrected chi connectivity index (χ2v) is 6.01. The Morgan fingerprint density at radius 1 is 1.42 bits per heavy atom. The van der Waals surface area contributed by atoms with Crippen molar-refractivity contribution in [2.24, 2.45) is 11.7 Å². The smallest absolute Gasteiger partial charge is 0.230 e. The van der Waals surface area contributed by atoms with Gasteiger partial charge in [-0.25, -0.2) is 0 Å². The van der Waals surface area contributed by atoms with Crippen LogP contribution in [0.15, 0.2) is 24.3 Å². The predicted octanol–water partition coefficient (Wildman–Crippen LogP) is 1.91. The van der Waals surface area contributed by atoms with Crippen LogP contribution in [0.4, 0.5) is 0 Å². The summed E-state index contributed by atoms with van der Waals surface area (Å²) in [7, 11) is 0. The molecule has 0 bridgehead atoms. The van der Waals surface area contributed by atoms with E-state index in [1.807, 2.05) is 17.0 Å². The quantitative estimate of drug-likeness (QED) is 0.881. The molecule has 1 amide bonds. The Morgan fingerprint density at radius 3 is 2.95 bits per heavy atom. The number of fused-ring (bicyclic) bond motifs is 1. The molecule has 0 saturated carbocycles. The zero-order valence-corrected chi connectivity index (χ0v) is 11.5. The molecule has 3 nitrogen and oxygen atoms in total. The fraction of sp³-hybridized carbons (Fsp3) is 0.562. The Morgan fingerprint density at radius 2 is 2.21 bits per heavy atom. The van der Waals surface area contributed by atoms with Gasteiger partial charge in [-0.1, -0.05) is 31.2 Å². The predicted molar refractivity (Wildman–Crippen MR) is 75.8 cm³/mol. The Balaban J connectivity index is 1.75. The summed E-state index contributed by atoms with van der Waals surface area (Å²) in [6.45, 7) is 3.72. The van der Waals surface area contributed by atoms with Crippen molar-refractivity contribution in [3.63, 3.8) is 0 Å². The molecular weight excluding hydrogens is 236 g/mol. The number of piperidine rings is 1. The summed E-state index contributed by atoms with van der Waals surface area (Å²) in [5.41, 5.74) is 8.41. The molecule has 1 aromatic rings. The fourth-order valence-electron chi connectivity index (χ4n) is 3.44. The lowest BCUT2D eigenvalue weighted by atomic mass is 9.76. The van der Waals surface area contributed by atoms with Crippen molar-refractivity contribution in [1.29, 1.82) is 0 Å². The molecule has 3 unspecified atom stereocenters. The van der Waals surface area contributed by atoms with Crippen molar-refractivity contribution >= 4 is 5.91 Å². The summed E-state index contributed by atoms with van der Waals surface area (Å²) >= 11 is 0. The zero-order chi connectivity index (χ0) is 13.4. The lowest BCUT2D eigenvalue weighted by Crippen LogP contribution is -2.52. The van der Waals surface area contributed by atoms with Gasteiger partial charge in [-0.2, -0.15) is 0 Å². The average Bonchev–Trinajstić information content (AvgIpc) is 2.39. The maximum Gasteiger partial charge on any atom is 0.230 e. The first-order valence-corrected chi connectivity index (χ1v) is 7.29. The Bertz CT molecular complexity index is 485. The first-order chi connectivity index (χ1) is 9.20. The van der Waals surface area contributed by atoms with Crippen LogP contribution in [0.25, 0.3) is 0 Å². The summed E-state index contributed by atoms with van der Waals surface area (Å²) in [6, 6.07) is 8.52. The largest absolute Gasteiger partial charge is 0.338 e. The summed E-state index contributed by atoms with van der Waals surface area (Å²) in [5.74, 6) is 1.06. The van der Waals surface area contributed by atoms with E-state index < -0.39 is 0 Å². The van der Waals surface area contributed by atoms with Gasteiger partial charge in [0.2, 0.25) is 5.91 Å². The van der Waals surface area contributed by atoms with Gasteiger partial charge in [0.05, 0.1) is 5.92 Å². The number of benzene rings is 1. The number of carbonyl (C=O) groups excluding carboxylic acids is 1. The van der Waals surface area contributed by atoms with Crippen molar-refractivity contribution in [3.05, 3.63) is 35.4 Å². The van der Waals surface area contributed by atoms with Crippen LogP contribution in [0.1, 0.15) is 36.8 Å². The SMILES string of the molecule is CC1CCN(C(=O)C2Cc3ccccc32)C(CN)C1. The number of rotatable bonds is 2. The molecule has 1 fully saturated rings. The molecule has 0 radical (unpaired) electrons. The van der Waals surface area contributed by atoms with Gasteiger partial charge in [0.15, 0.2) is 0 Å². The third-order valence-electron chi connectivity index (χ3n) is 4.69. The summed E-state index contributed by atoms with van der Waals surface area (Å²) in [4.78, 5) is 14.7. The first-order valence-electron chi connectivity index (χ1n) is 7.29. The second kappa shape index (κ2) is 4.97. The van der Waals surface area contributed by atoms with Gasteiger partial charge in [0.25, 0.3) is 0 Å². The number of carbonyl (C=O) groups is 1. The Kier molecular flexibility index (Phi) is 3.31. The van der Waals surface area contributed by atoms with Crippen molar-refractivity contribution < 1.29 is 4.79 Å². The van der Waals surface area contributed by atoms with Crippen LogP contribution in [0.5, 0.6) is 0 Å². The molecule has 19 heavy (non-hydrogen) atoms. The highest BCUT2D eigenvalue weighted by Gasteiger charge is 2.38. The first kappa shape index (κ1) is 12.7. The number of likely N-dealkylation sites (tertiary alicyclic amines) is 1. The third-order valence-corrected chi connectivity index (χ3v) is 4.69. The van der Waals surface area contributed by atoms with Gasteiger partial charge in [-0.05, 0) is 36.3 Å². The van der Waals surface area contributed by atoms with Crippen LogP contribution < -0.4 is 5.73 Å². The summed E-state index contributed by atoms with van der Waals surface area (Å²) in [5, 5.41) is 0. The number of hydrogen-bond acceptors (Lipinski definition) is 2. The lowest BCUT2D eigenvalue weighted by Gasteiger charge is -2.42. The molecule has 1 aliphatic carbocycles. The van der Waals surface area contributed by atoms with Crippen molar-refractivity contribution in [2.75, 3.05) is 13.1 Å². The van der Waals surface area contributed by atoms with E-state index in [-0.39, 0.29) is 12.0 Å². The molecule has 102 valence electrons. The van der Waals surface area contributed by atoms with E-state index in [1.165, 1.54) is 11.1 Å². The molecule has 2 N–H and O–H groups in total. The lowest BCUT2D eigenvalue weighted by molar-refractivity contribution is -0.137. The molecule has 2 aliphatic rings. The molecule has 1 saturated heterocycles. The standard InChI is InChI=1S/C16H22N2O/c1-11-6-7-18(13(8-11)10-17)16(19)15-9-12-4-2-3-5-14(12)15/h2-5,11,13,15H,6-10,17H2,1H3. The minimum atomic E-state index is 0.0821. The number of nitrogens with two attached hydrogens (primary N) is 1. The topological polar surface area (TPSA) is 46.3 Å². The van der Waals surface area contributed by atoms with Crippen molar-refractivity contribution in [1.82, 2.24) is 4.90 Å². The summed E-state index contributed by atoms with van der Waals surface area (Å²) < 4.78 is 0. The zero-order valence-electron chi connectivity index (χ0n) is 11.5.